The Kier molecular flexibility index (Phi) is 9.28. The van der Waals surface area contributed by atoms with Crippen LogP contribution in [-0.2, 0) is 10.2 Å². The minimum Gasteiger partial charge on any atom is -0.435 e. The third-order valence-corrected chi connectivity index (χ3v) is 7.50. The summed E-state index contributed by atoms with van der Waals surface area (Å²) in [6, 6.07) is 12.1. The molecule has 2 heterocycles. The van der Waals surface area contributed by atoms with Gasteiger partial charge in [0.15, 0.2) is 0 Å². The minimum atomic E-state index is -3.21. The van der Waals surface area contributed by atoms with Crippen molar-refractivity contribution >= 4 is 29.0 Å². The van der Waals surface area contributed by atoms with Gasteiger partial charge in [0, 0.05) is 35.8 Å². The van der Waals surface area contributed by atoms with Crippen molar-refractivity contribution < 1.29 is 36.9 Å². The molecular formula is C29H30ClF4N3O4. The average molecular weight is 596 g/mol. The highest BCUT2D eigenvalue weighted by molar-refractivity contribution is 6.33. The number of carbonyl (C=O) groups is 1. The first-order valence-electron chi connectivity index (χ1n) is 12.9. The maximum Gasteiger partial charge on any atom is 0.387 e. The fraction of sp³-hybridized carbons (Fsp3) is 0.379. The summed E-state index contributed by atoms with van der Waals surface area (Å²) in [5.74, 6) is -0.732. The van der Waals surface area contributed by atoms with Crippen molar-refractivity contribution in [1.82, 2.24) is 4.98 Å². The number of alkyl halides is 4. The molecule has 0 bridgehead atoms. The second kappa shape index (κ2) is 12.5. The second-order valence-corrected chi connectivity index (χ2v) is 10.6. The molecule has 1 unspecified atom stereocenters. The highest BCUT2D eigenvalue weighted by Gasteiger charge is 2.36. The number of aliphatic hydroxyl groups excluding tert-OH is 1. The molecule has 1 N–H and O–H groups in total. The normalized spacial score (nSPS) is 15.5. The van der Waals surface area contributed by atoms with Gasteiger partial charge in [-0.2, -0.15) is 17.6 Å². The van der Waals surface area contributed by atoms with Crippen molar-refractivity contribution in [2.45, 2.75) is 51.4 Å². The lowest BCUT2D eigenvalue weighted by Gasteiger charge is -2.32. The predicted octanol–water partition coefficient (Wildman–Crippen LogP) is 6.51. The number of aliphatic hydroxyl groups is 1. The first kappa shape index (κ1) is 30.4. The van der Waals surface area contributed by atoms with Gasteiger partial charge in [-0.05, 0) is 56.5 Å². The van der Waals surface area contributed by atoms with E-state index in [-0.39, 0.29) is 18.2 Å². The molecule has 220 valence electrons. The molecule has 1 amide bonds. The quantitative estimate of drug-likeness (QED) is 0.270. The van der Waals surface area contributed by atoms with E-state index in [2.05, 4.69) is 14.5 Å². The molecule has 0 saturated carbocycles. The van der Waals surface area contributed by atoms with Crippen molar-refractivity contribution in [3.63, 3.8) is 0 Å². The van der Waals surface area contributed by atoms with Crippen molar-refractivity contribution in [3.05, 3.63) is 65.3 Å². The van der Waals surface area contributed by atoms with E-state index in [9.17, 15) is 27.5 Å². The summed E-state index contributed by atoms with van der Waals surface area (Å²) >= 11 is 6.56. The van der Waals surface area contributed by atoms with E-state index in [0.717, 1.165) is 18.9 Å². The van der Waals surface area contributed by atoms with Crippen molar-refractivity contribution in [2.24, 2.45) is 0 Å². The van der Waals surface area contributed by atoms with Gasteiger partial charge in [-0.1, -0.05) is 29.8 Å². The van der Waals surface area contributed by atoms with E-state index in [1.54, 1.807) is 18.2 Å². The number of ether oxygens (including phenoxy) is 2. The number of anilines is 2. The van der Waals surface area contributed by atoms with Gasteiger partial charge in [-0.3, -0.25) is 4.79 Å². The first-order valence-corrected chi connectivity index (χ1v) is 13.3. The summed E-state index contributed by atoms with van der Waals surface area (Å²) < 4.78 is 60.7. The lowest BCUT2D eigenvalue weighted by atomic mass is 9.82. The highest BCUT2D eigenvalue weighted by Crippen LogP contribution is 2.40. The number of pyridine rings is 1. The van der Waals surface area contributed by atoms with E-state index in [1.165, 1.54) is 44.1 Å². The molecule has 1 atom stereocenters. The Morgan fingerprint density at radius 1 is 1.10 bits per heavy atom. The number of amides is 1. The van der Waals surface area contributed by atoms with Crippen LogP contribution in [0.15, 0.2) is 54.7 Å². The number of halogens is 5. The number of hydrogen-bond acceptors (Lipinski definition) is 6. The lowest BCUT2D eigenvalue weighted by Crippen LogP contribution is -2.42. The summed E-state index contributed by atoms with van der Waals surface area (Å²) in [4.78, 5) is 21.9. The lowest BCUT2D eigenvalue weighted by molar-refractivity contribution is -0.122. The molecule has 12 heteroatoms. The van der Waals surface area contributed by atoms with E-state index >= 15 is 0 Å². The summed E-state index contributed by atoms with van der Waals surface area (Å²) in [7, 11) is 1.53. The molecule has 1 saturated heterocycles. The Hall–Kier alpha value is -3.57. The zero-order valence-electron chi connectivity index (χ0n) is 22.7. The van der Waals surface area contributed by atoms with E-state index in [4.69, 9.17) is 11.6 Å². The van der Waals surface area contributed by atoms with Crippen LogP contribution in [0.5, 0.6) is 11.5 Å². The number of rotatable bonds is 10. The summed E-state index contributed by atoms with van der Waals surface area (Å²) in [5, 5.41) is 10.3. The van der Waals surface area contributed by atoms with Crippen LogP contribution in [0.25, 0.3) is 11.1 Å². The Morgan fingerprint density at radius 3 is 2.32 bits per heavy atom. The van der Waals surface area contributed by atoms with Gasteiger partial charge in [-0.15, -0.1) is 0 Å². The Bertz CT molecular complexity index is 1360. The molecule has 41 heavy (non-hydrogen) atoms. The van der Waals surface area contributed by atoms with Crippen LogP contribution in [0.3, 0.4) is 0 Å². The van der Waals surface area contributed by atoms with Gasteiger partial charge in [0.05, 0.1) is 29.9 Å². The Morgan fingerprint density at radius 2 is 1.73 bits per heavy atom. The standard InChI is InChI=1S/C29H30ClF4N3O4/c1-29(2,17-11-19(40-27(31)32)13-20(12-17)41-28(33)34)26(39)36(3)24-15-35-25(37-10-6-7-18(37)16-38)14-22(24)21-8-4-5-9-23(21)30/h4-5,8-9,11-15,18,27-28,38H,6-7,10,16H2,1-3H3. The van der Waals surface area contributed by atoms with Crippen LogP contribution in [0.2, 0.25) is 5.02 Å². The van der Waals surface area contributed by atoms with Crippen LogP contribution in [0.4, 0.5) is 29.1 Å². The molecule has 0 spiro atoms. The number of benzene rings is 2. The number of hydrogen-bond donors (Lipinski definition) is 1. The fourth-order valence-electron chi connectivity index (χ4n) is 5.01. The molecule has 1 fully saturated rings. The van der Waals surface area contributed by atoms with Gasteiger partial charge in [0.2, 0.25) is 5.91 Å². The highest BCUT2D eigenvalue weighted by atomic mass is 35.5. The van der Waals surface area contributed by atoms with Crippen molar-refractivity contribution in [1.29, 1.82) is 0 Å². The van der Waals surface area contributed by atoms with Crippen LogP contribution in [-0.4, -0.2) is 55.5 Å². The van der Waals surface area contributed by atoms with Gasteiger partial charge < -0.3 is 24.4 Å². The molecule has 1 aromatic heterocycles. The largest absolute Gasteiger partial charge is 0.435 e. The van der Waals surface area contributed by atoms with Crippen LogP contribution < -0.4 is 19.3 Å². The van der Waals surface area contributed by atoms with Gasteiger partial charge >= 0.3 is 13.2 Å². The van der Waals surface area contributed by atoms with Gasteiger partial charge in [-0.25, -0.2) is 4.98 Å². The molecule has 3 aromatic rings. The number of carbonyl (C=O) groups excluding carboxylic acids is 1. The maximum atomic E-state index is 14.0. The number of nitrogens with zero attached hydrogens (tertiary/aromatic N) is 3. The summed E-state index contributed by atoms with van der Waals surface area (Å²) in [5.41, 5.74) is 0.361. The molecule has 4 rings (SSSR count). The van der Waals surface area contributed by atoms with E-state index in [0.29, 0.717) is 34.2 Å². The summed E-state index contributed by atoms with van der Waals surface area (Å²) in [6.45, 7) is -2.67. The van der Waals surface area contributed by atoms with Crippen molar-refractivity contribution in [2.75, 3.05) is 30.0 Å². The SMILES string of the molecule is CN(C(=O)C(C)(C)c1cc(OC(F)F)cc(OC(F)F)c1)c1cnc(N2CCCC2CO)cc1-c1ccccc1Cl. The van der Waals surface area contributed by atoms with Crippen LogP contribution in [0, 0.1) is 0 Å². The Balaban J connectivity index is 1.77. The van der Waals surface area contributed by atoms with Crippen LogP contribution >= 0.6 is 11.6 Å². The molecule has 7 nitrogen and oxygen atoms in total. The minimum absolute atomic E-state index is 0.0248. The first-order chi connectivity index (χ1) is 19.4. The van der Waals surface area contributed by atoms with Crippen molar-refractivity contribution in [3.8, 4) is 22.6 Å². The van der Waals surface area contributed by atoms with Gasteiger partial charge in [0.25, 0.3) is 0 Å². The average Bonchev–Trinajstić information content (AvgIpc) is 3.40. The van der Waals surface area contributed by atoms with Gasteiger partial charge in [0.1, 0.15) is 17.3 Å². The molecular weight excluding hydrogens is 566 g/mol. The smallest absolute Gasteiger partial charge is 0.387 e. The number of aromatic nitrogens is 1. The fourth-order valence-corrected chi connectivity index (χ4v) is 5.25. The Labute approximate surface area is 240 Å². The zero-order valence-corrected chi connectivity index (χ0v) is 23.4. The summed E-state index contributed by atoms with van der Waals surface area (Å²) in [6.07, 6.45) is 3.25. The van der Waals surface area contributed by atoms with E-state index in [1.807, 2.05) is 17.0 Å². The van der Waals surface area contributed by atoms with Crippen LogP contribution in [0.1, 0.15) is 32.3 Å². The molecule has 2 aromatic carbocycles. The third kappa shape index (κ3) is 6.68. The molecule has 0 aliphatic carbocycles. The molecule has 1 aliphatic heterocycles. The zero-order chi connectivity index (χ0) is 29.9. The monoisotopic (exact) mass is 595 g/mol. The topological polar surface area (TPSA) is 75.1 Å². The maximum absolute atomic E-state index is 14.0. The number of likely N-dealkylation sites (N-methyl/N-ethyl adjacent to an activating group) is 1. The third-order valence-electron chi connectivity index (χ3n) is 7.17. The van der Waals surface area contributed by atoms with E-state index < -0.39 is 36.0 Å². The predicted molar refractivity (Wildman–Crippen MR) is 148 cm³/mol. The molecule has 1 aliphatic rings. The molecule has 0 radical (unpaired) electrons. The second-order valence-electron chi connectivity index (χ2n) is 10.2.